The lowest BCUT2D eigenvalue weighted by Gasteiger charge is -2.15. The maximum Gasteiger partial charge on any atom is 0.0169 e. The van der Waals surface area contributed by atoms with Crippen molar-refractivity contribution in [3.8, 4) is 0 Å². The van der Waals surface area contributed by atoms with Crippen molar-refractivity contribution in [3.63, 3.8) is 0 Å². The smallest absolute Gasteiger partial charge is 0.0169 e. The van der Waals surface area contributed by atoms with Gasteiger partial charge in [0.25, 0.3) is 0 Å². The number of rotatable bonds is 6. The second kappa shape index (κ2) is 7.29. The Morgan fingerprint density at radius 3 is 2.00 bits per heavy atom. The quantitative estimate of drug-likeness (QED) is 0.526. The molecule has 0 heterocycles. The van der Waals surface area contributed by atoms with E-state index in [0.29, 0.717) is 0 Å². The van der Waals surface area contributed by atoms with Gasteiger partial charge in [0.05, 0.1) is 0 Å². The third-order valence-electron chi connectivity index (χ3n) is 1.37. The van der Waals surface area contributed by atoms with Gasteiger partial charge in [-0.25, -0.2) is 0 Å². The Morgan fingerprint density at radius 2 is 1.64 bits per heavy atom. The van der Waals surface area contributed by atoms with Crippen LogP contribution < -0.4 is 0 Å². The fourth-order valence-electron chi connectivity index (χ4n) is 0.843. The largest absolute Gasteiger partial charge is 0.292 e. The molecule has 0 radical (unpaired) electrons. The molecular weight excluding hydrogens is 134 g/mol. The van der Waals surface area contributed by atoms with Gasteiger partial charge in [-0.05, 0) is 6.92 Å². The molecule has 1 nitrogen and oxygen atoms in total. The van der Waals surface area contributed by atoms with Crippen molar-refractivity contribution in [2.75, 3.05) is 19.6 Å². The monoisotopic (exact) mass is 151 g/mol. The molecule has 0 fully saturated rings. The van der Waals surface area contributed by atoms with Gasteiger partial charge in [0.15, 0.2) is 0 Å². The molecule has 0 aromatic carbocycles. The van der Waals surface area contributed by atoms with Crippen LogP contribution in [0.3, 0.4) is 0 Å². The normalized spacial score (nSPS) is 10.7. The van der Waals surface area contributed by atoms with Gasteiger partial charge in [-0.1, -0.05) is 24.3 Å². The standard InChI is InChI=1S/C10H17N/c1-4-7-10-11(8-5-2)9-6-3/h4-7H,2-3,8-10H2,1H3/b7-4+. The molecule has 0 unspecified atom stereocenters. The van der Waals surface area contributed by atoms with Crippen molar-refractivity contribution < 1.29 is 0 Å². The van der Waals surface area contributed by atoms with Crippen LogP contribution in [0, 0.1) is 0 Å². The Hall–Kier alpha value is -0.820. The van der Waals surface area contributed by atoms with Crippen LogP contribution >= 0.6 is 0 Å². The molecule has 1 heteroatoms. The fourth-order valence-corrected chi connectivity index (χ4v) is 0.843. The minimum Gasteiger partial charge on any atom is -0.292 e. The first-order valence-electron chi connectivity index (χ1n) is 3.90. The summed E-state index contributed by atoms with van der Waals surface area (Å²) in [5, 5.41) is 0. The Labute approximate surface area is 69.7 Å². The van der Waals surface area contributed by atoms with Crippen LogP contribution in [0.5, 0.6) is 0 Å². The van der Waals surface area contributed by atoms with Crippen molar-refractivity contribution in [1.82, 2.24) is 4.90 Å². The van der Waals surface area contributed by atoms with Crippen LogP contribution in [0.2, 0.25) is 0 Å². The summed E-state index contributed by atoms with van der Waals surface area (Å²) in [6, 6.07) is 0. The van der Waals surface area contributed by atoms with Crippen molar-refractivity contribution in [2.45, 2.75) is 6.92 Å². The van der Waals surface area contributed by atoms with Crippen LogP contribution in [0.25, 0.3) is 0 Å². The lowest BCUT2D eigenvalue weighted by Crippen LogP contribution is -2.23. The third-order valence-corrected chi connectivity index (χ3v) is 1.37. The van der Waals surface area contributed by atoms with E-state index in [9.17, 15) is 0 Å². The predicted molar refractivity (Wildman–Crippen MR) is 51.6 cm³/mol. The highest BCUT2D eigenvalue weighted by molar-refractivity contribution is 4.87. The molecular formula is C10H17N. The van der Waals surface area contributed by atoms with E-state index in [1.807, 2.05) is 19.1 Å². The van der Waals surface area contributed by atoms with Crippen molar-refractivity contribution >= 4 is 0 Å². The van der Waals surface area contributed by atoms with Crippen molar-refractivity contribution in [1.29, 1.82) is 0 Å². The minimum absolute atomic E-state index is 0.927. The zero-order valence-corrected chi connectivity index (χ0v) is 7.29. The third kappa shape index (κ3) is 5.62. The van der Waals surface area contributed by atoms with Crippen molar-refractivity contribution in [2.24, 2.45) is 0 Å². The maximum absolute atomic E-state index is 3.69. The first-order chi connectivity index (χ1) is 5.35. The molecule has 0 amide bonds. The summed E-state index contributed by atoms with van der Waals surface area (Å²) in [5.74, 6) is 0. The summed E-state index contributed by atoms with van der Waals surface area (Å²) in [7, 11) is 0. The molecule has 0 spiro atoms. The van der Waals surface area contributed by atoms with Gasteiger partial charge in [-0.15, -0.1) is 13.2 Å². The van der Waals surface area contributed by atoms with E-state index in [2.05, 4.69) is 30.2 Å². The molecule has 0 aliphatic rings. The molecule has 0 saturated carbocycles. The summed E-state index contributed by atoms with van der Waals surface area (Å²) in [4.78, 5) is 2.25. The van der Waals surface area contributed by atoms with Gasteiger partial charge in [0, 0.05) is 19.6 Å². The lowest BCUT2D eigenvalue weighted by molar-refractivity contribution is 0.373. The fraction of sp³-hybridized carbons (Fsp3) is 0.400. The lowest BCUT2D eigenvalue weighted by atomic mass is 10.4. The van der Waals surface area contributed by atoms with Crippen molar-refractivity contribution in [3.05, 3.63) is 37.5 Å². The number of hydrogen-bond acceptors (Lipinski definition) is 1. The summed E-state index contributed by atoms with van der Waals surface area (Å²) < 4.78 is 0. The van der Waals surface area contributed by atoms with Gasteiger partial charge in [0.2, 0.25) is 0 Å². The molecule has 0 rings (SSSR count). The Bertz CT molecular complexity index is 126. The van der Waals surface area contributed by atoms with Gasteiger partial charge >= 0.3 is 0 Å². The molecule has 62 valence electrons. The topological polar surface area (TPSA) is 3.24 Å². The summed E-state index contributed by atoms with van der Waals surface area (Å²) in [5.41, 5.74) is 0. The van der Waals surface area contributed by atoms with E-state index in [4.69, 9.17) is 0 Å². The average Bonchev–Trinajstić information content (AvgIpc) is 2.01. The highest BCUT2D eigenvalue weighted by Gasteiger charge is 1.94. The van der Waals surface area contributed by atoms with Crippen LogP contribution in [0.1, 0.15) is 6.92 Å². The van der Waals surface area contributed by atoms with Gasteiger partial charge in [-0.3, -0.25) is 4.90 Å². The maximum atomic E-state index is 3.69. The summed E-state index contributed by atoms with van der Waals surface area (Å²) in [6.45, 7) is 12.2. The Kier molecular flexibility index (Phi) is 6.75. The first kappa shape index (κ1) is 10.2. The average molecular weight is 151 g/mol. The Balaban J connectivity index is 3.66. The van der Waals surface area contributed by atoms with Crippen LogP contribution in [-0.4, -0.2) is 24.5 Å². The second-order valence-corrected chi connectivity index (χ2v) is 2.36. The minimum atomic E-state index is 0.927. The predicted octanol–water partition coefficient (Wildman–Crippen LogP) is 2.24. The zero-order chi connectivity index (χ0) is 8.53. The first-order valence-corrected chi connectivity index (χ1v) is 3.90. The molecule has 0 aromatic heterocycles. The van der Waals surface area contributed by atoms with Crippen LogP contribution in [0.15, 0.2) is 37.5 Å². The highest BCUT2D eigenvalue weighted by Crippen LogP contribution is 1.89. The van der Waals surface area contributed by atoms with Gasteiger partial charge in [0.1, 0.15) is 0 Å². The van der Waals surface area contributed by atoms with Gasteiger partial charge in [-0.2, -0.15) is 0 Å². The highest BCUT2D eigenvalue weighted by atomic mass is 15.1. The molecule has 0 bridgehead atoms. The molecule has 11 heavy (non-hydrogen) atoms. The van der Waals surface area contributed by atoms with E-state index >= 15 is 0 Å². The van der Waals surface area contributed by atoms with E-state index in [1.54, 1.807) is 0 Å². The van der Waals surface area contributed by atoms with Crippen LogP contribution in [0.4, 0.5) is 0 Å². The number of hydrogen-bond donors (Lipinski definition) is 0. The zero-order valence-electron chi connectivity index (χ0n) is 7.29. The molecule has 0 aromatic rings. The molecule has 0 atom stereocenters. The van der Waals surface area contributed by atoms with E-state index in [-0.39, 0.29) is 0 Å². The second-order valence-electron chi connectivity index (χ2n) is 2.36. The molecule has 0 N–H and O–H groups in total. The van der Waals surface area contributed by atoms with E-state index < -0.39 is 0 Å². The van der Waals surface area contributed by atoms with Gasteiger partial charge < -0.3 is 0 Å². The number of allylic oxidation sites excluding steroid dienone is 1. The molecule has 0 aliphatic carbocycles. The molecule has 0 saturated heterocycles. The van der Waals surface area contributed by atoms with Crippen LogP contribution in [-0.2, 0) is 0 Å². The summed E-state index contributed by atoms with van der Waals surface area (Å²) in [6.07, 6.45) is 8.01. The molecule has 0 aliphatic heterocycles. The Morgan fingerprint density at radius 1 is 1.09 bits per heavy atom. The number of nitrogens with zero attached hydrogens (tertiary/aromatic N) is 1. The van der Waals surface area contributed by atoms with E-state index in [0.717, 1.165) is 19.6 Å². The SMILES string of the molecule is C=CCN(CC=C)C/C=C/C. The summed E-state index contributed by atoms with van der Waals surface area (Å²) >= 11 is 0. The van der Waals surface area contributed by atoms with E-state index in [1.165, 1.54) is 0 Å².